The standard InChI is InChI=1S/C26H31N3O3/c1-4-22-12-8-9-15-28(22)23(30)17-29-24(31)26(27-25(29)32,20-10-6-5-7-11-20)21-14-13-18(2)19(3)16-21/h5-7,10-11,13-14,16,22H,4,8-9,12,15,17H2,1-3H3,(H,27,32)/t22-,26-/m1/s1. The fourth-order valence-electron chi connectivity index (χ4n) is 4.92. The Labute approximate surface area is 189 Å². The van der Waals surface area contributed by atoms with Crippen LogP contribution in [-0.4, -0.2) is 46.8 Å². The van der Waals surface area contributed by atoms with Crippen molar-refractivity contribution in [3.8, 4) is 0 Å². The predicted molar refractivity (Wildman–Crippen MR) is 123 cm³/mol. The second kappa shape index (κ2) is 8.77. The molecule has 2 aromatic carbocycles. The molecule has 2 aliphatic rings. The van der Waals surface area contributed by atoms with Crippen molar-refractivity contribution in [2.45, 2.75) is 58.0 Å². The Hall–Kier alpha value is -3.15. The summed E-state index contributed by atoms with van der Waals surface area (Å²) in [5.74, 6) is -0.570. The van der Waals surface area contributed by atoms with Crippen LogP contribution in [0.1, 0.15) is 54.9 Å². The van der Waals surface area contributed by atoms with Crippen molar-refractivity contribution >= 4 is 17.8 Å². The molecule has 0 spiro atoms. The van der Waals surface area contributed by atoms with Gasteiger partial charge in [-0.2, -0.15) is 0 Å². The molecule has 0 saturated carbocycles. The molecule has 2 aromatic rings. The van der Waals surface area contributed by atoms with Gasteiger partial charge in [0.25, 0.3) is 5.91 Å². The van der Waals surface area contributed by atoms with E-state index in [0.29, 0.717) is 17.7 Å². The molecule has 32 heavy (non-hydrogen) atoms. The highest BCUT2D eigenvalue weighted by molar-refractivity contribution is 6.11. The number of piperidine rings is 1. The summed E-state index contributed by atoms with van der Waals surface area (Å²) >= 11 is 0. The number of aryl methyl sites for hydroxylation is 2. The predicted octanol–water partition coefficient (Wildman–Crippen LogP) is 3.89. The number of urea groups is 1. The van der Waals surface area contributed by atoms with E-state index in [9.17, 15) is 14.4 Å². The van der Waals surface area contributed by atoms with Gasteiger partial charge in [-0.05, 0) is 61.8 Å². The number of amides is 4. The Balaban J connectivity index is 1.70. The number of benzene rings is 2. The van der Waals surface area contributed by atoms with Gasteiger partial charge in [0.2, 0.25) is 5.91 Å². The molecule has 2 fully saturated rings. The average molecular weight is 434 g/mol. The number of carbonyl (C=O) groups is 3. The molecule has 0 radical (unpaired) electrons. The maximum Gasteiger partial charge on any atom is 0.326 e. The first kappa shape index (κ1) is 22.1. The number of hydrogen-bond acceptors (Lipinski definition) is 3. The Morgan fingerprint density at radius 2 is 1.78 bits per heavy atom. The minimum Gasteiger partial charge on any atom is -0.338 e. The first-order chi connectivity index (χ1) is 15.4. The smallest absolute Gasteiger partial charge is 0.326 e. The van der Waals surface area contributed by atoms with Crippen LogP contribution >= 0.6 is 0 Å². The first-order valence-corrected chi connectivity index (χ1v) is 11.4. The fourth-order valence-corrected chi connectivity index (χ4v) is 4.92. The molecule has 6 heteroatoms. The van der Waals surface area contributed by atoms with E-state index in [0.717, 1.165) is 41.7 Å². The molecule has 168 valence electrons. The Kier molecular flexibility index (Phi) is 6.04. The van der Waals surface area contributed by atoms with Gasteiger partial charge in [0.15, 0.2) is 5.54 Å². The van der Waals surface area contributed by atoms with E-state index in [1.54, 1.807) is 0 Å². The van der Waals surface area contributed by atoms with Gasteiger partial charge in [0, 0.05) is 12.6 Å². The Morgan fingerprint density at radius 1 is 1.03 bits per heavy atom. The van der Waals surface area contributed by atoms with Gasteiger partial charge in [0.05, 0.1) is 0 Å². The number of carbonyl (C=O) groups excluding carboxylic acids is 3. The van der Waals surface area contributed by atoms with Gasteiger partial charge in [-0.3, -0.25) is 14.5 Å². The highest BCUT2D eigenvalue weighted by atomic mass is 16.2. The lowest BCUT2D eigenvalue weighted by molar-refractivity contribution is -0.140. The van der Waals surface area contributed by atoms with Crippen LogP contribution in [0.3, 0.4) is 0 Å². The van der Waals surface area contributed by atoms with E-state index in [1.165, 1.54) is 0 Å². The molecule has 0 unspecified atom stereocenters. The van der Waals surface area contributed by atoms with Crippen molar-refractivity contribution in [1.82, 2.24) is 15.1 Å². The molecule has 4 amide bonds. The summed E-state index contributed by atoms with van der Waals surface area (Å²) < 4.78 is 0. The third kappa shape index (κ3) is 3.68. The van der Waals surface area contributed by atoms with Crippen LogP contribution in [0.4, 0.5) is 4.79 Å². The lowest BCUT2D eigenvalue weighted by Gasteiger charge is -2.36. The molecular formula is C26H31N3O3. The van der Waals surface area contributed by atoms with Crippen LogP contribution in [0.2, 0.25) is 0 Å². The summed E-state index contributed by atoms with van der Waals surface area (Å²) in [4.78, 5) is 43.1. The van der Waals surface area contributed by atoms with E-state index >= 15 is 0 Å². The summed E-state index contributed by atoms with van der Waals surface area (Å²) in [5.41, 5.74) is 2.18. The quantitative estimate of drug-likeness (QED) is 0.728. The van der Waals surface area contributed by atoms with E-state index in [1.807, 2.05) is 67.3 Å². The van der Waals surface area contributed by atoms with Crippen molar-refractivity contribution in [3.63, 3.8) is 0 Å². The van der Waals surface area contributed by atoms with Gasteiger partial charge in [-0.15, -0.1) is 0 Å². The lowest BCUT2D eigenvalue weighted by atomic mass is 9.81. The molecule has 0 aliphatic carbocycles. The fraction of sp³-hybridized carbons (Fsp3) is 0.423. The van der Waals surface area contributed by atoms with Gasteiger partial charge in [0.1, 0.15) is 6.54 Å². The van der Waals surface area contributed by atoms with E-state index in [4.69, 9.17) is 0 Å². The molecule has 2 aliphatic heterocycles. The summed E-state index contributed by atoms with van der Waals surface area (Å²) in [7, 11) is 0. The van der Waals surface area contributed by atoms with E-state index < -0.39 is 17.5 Å². The van der Waals surface area contributed by atoms with Crippen LogP contribution in [-0.2, 0) is 15.1 Å². The Morgan fingerprint density at radius 3 is 2.47 bits per heavy atom. The lowest BCUT2D eigenvalue weighted by Crippen LogP contribution is -2.50. The zero-order valence-electron chi connectivity index (χ0n) is 19.1. The van der Waals surface area contributed by atoms with Crippen molar-refractivity contribution in [1.29, 1.82) is 0 Å². The molecule has 4 rings (SSSR count). The average Bonchev–Trinajstić information content (AvgIpc) is 3.07. The zero-order chi connectivity index (χ0) is 22.9. The maximum atomic E-state index is 13.9. The molecule has 2 saturated heterocycles. The highest BCUT2D eigenvalue weighted by Crippen LogP contribution is 2.37. The SMILES string of the molecule is CC[C@@H]1CCCCN1C(=O)CN1C(=O)N[C@](c2ccccc2)(c2ccc(C)c(C)c2)C1=O. The topological polar surface area (TPSA) is 69.7 Å². The van der Waals surface area contributed by atoms with Crippen LogP contribution in [0.5, 0.6) is 0 Å². The molecule has 2 heterocycles. The number of likely N-dealkylation sites (tertiary alicyclic amines) is 1. The minimum absolute atomic E-state index is 0.163. The molecule has 2 atom stereocenters. The van der Waals surface area contributed by atoms with E-state index in [2.05, 4.69) is 12.2 Å². The van der Waals surface area contributed by atoms with Crippen LogP contribution in [0.25, 0.3) is 0 Å². The van der Waals surface area contributed by atoms with Crippen LogP contribution in [0, 0.1) is 13.8 Å². The number of nitrogens with one attached hydrogen (secondary N) is 1. The van der Waals surface area contributed by atoms with Crippen LogP contribution < -0.4 is 5.32 Å². The van der Waals surface area contributed by atoms with Crippen molar-refractivity contribution in [2.75, 3.05) is 13.1 Å². The van der Waals surface area contributed by atoms with Gasteiger partial charge in [-0.1, -0.05) is 55.5 Å². The maximum absolute atomic E-state index is 13.9. The molecular weight excluding hydrogens is 402 g/mol. The largest absolute Gasteiger partial charge is 0.338 e. The summed E-state index contributed by atoms with van der Waals surface area (Å²) in [5, 5.41) is 2.95. The number of nitrogens with zero attached hydrogens (tertiary/aromatic N) is 2. The van der Waals surface area contributed by atoms with Gasteiger partial charge < -0.3 is 10.2 Å². The number of hydrogen-bond donors (Lipinski definition) is 1. The normalized spacial score (nSPS) is 23.4. The number of imide groups is 1. The van der Waals surface area contributed by atoms with Gasteiger partial charge >= 0.3 is 6.03 Å². The highest BCUT2D eigenvalue weighted by Gasteiger charge is 2.54. The van der Waals surface area contributed by atoms with Crippen LogP contribution in [0.15, 0.2) is 48.5 Å². The summed E-state index contributed by atoms with van der Waals surface area (Å²) in [6, 6.07) is 14.7. The van der Waals surface area contributed by atoms with Crippen molar-refractivity contribution in [2.24, 2.45) is 0 Å². The van der Waals surface area contributed by atoms with Gasteiger partial charge in [-0.25, -0.2) is 4.79 Å². The van der Waals surface area contributed by atoms with E-state index in [-0.39, 0.29) is 18.5 Å². The summed E-state index contributed by atoms with van der Waals surface area (Å²) in [6.45, 7) is 6.52. The van der Waals surface area contributed by atoms with Crippen molar-refractivity contribution in [3.05, 3.63) is 70.8 Å². The molecule has 0 aromatic heterocycles. The third-order valence-corrected chi connectivity index (χ3v) is 6.96. The second-order valence-electron chi connectivity index (χ2n) is 8.88. The monoisotopic (exact) mass is 433 g/mol. The molecule has 6 nitrogen and oxygen atoms in total. The molecule has 0 bridgehead atoms. The zero-order valence-corrected chi connectivity index (χ0v) is 19.1. The molecule has 1 N–H and O–H groups in total. The summed E-state index contributed by atoms with van der Waals surface area (Å²) in [6.07, 6.45) is 3.91. The third-order valence-electron chi connectivity index (χ3n) is 6.96. The minimum atomic E-state index is -1.34. The second-order valence-corrected chi connectivity index (χ2v) is 8.88. The Bertz CT molecular complexity index is 1040. The number of rotatable bonds is 5. The first-order valence-electron chi connectivity index (χ1n) is 11.4. The van der Waals surface area contributed by atoms with Crippen molar-refractivity contribution < 1.29 is 14.4 Å².